The summed E-state index contributed by atoms with van der Waals surface area (Å²) in [5.74, 6) is 0.474. The molecular formula is C19H17ClN2O2S. The van der Waals surface area contributed by atoms with E-state index in [9.17, 15) is 4.79 Å². The largest absolute Gasteiger partial charge is 0.496 e. The molecule has 4 nitrogen and oxygen atoms in total. The lowest BCUT2D eigenvalue weighted by Gasteiger charge is -2.05. The molecule has 0 radical (unpaired) electrons. The first-order valence-electron chi connectivity index (χ1n) is 7.81. The summed E-state index contributed by atoms with van der Waals surface area (Å²) in [7, 11) is 1.58. The first-order valence-corrected chi connectivity index (χ1v) is 9.00. The minimum absolute atomic E-state index is 0.184. The van der Waals surface area contributed by atoms with Crippen LogP contribution in [0.15, 0.2) is 52.4 Å². The second kappa shape index (κ2) is 7.76. The van der Waals surface area contributed by atoms with Crippen molar-refractivity contribution in [3.63, 3.8) is 0 Å². The summed E-state index contributed by atoms with van der Waals surface area (Å²) >= 11 is 7.34. The van der Waals surface area contributed by atoms with Gasteiger partial charge in [-0.15, -0.1) is 0 Å². The number of hydrogen-bond acceptors (Lipinski definition) is 4. The zero-order valence-electron chi connectivity index (χ0n) is 13.9. The maximum absolute atomic E-state index is 12.2. The van der Waals surface area contributed by atoms with Crippen molar-refractivity contribution in [1.29, 1.82) is 0 Å². The highest BCUT2D eigenvalue weighted by atomic mass is 35.5. The maximum atomic E-state index is 12.2. The topological polar surface area (TPSA) is 50.7 Å². The molecule has 1 fully saturated rings. The summed E-state index contributed by atoms with van der Waals surface area (Å²) in [5, 5.41) is 3.93. The highest BCUT2D eigenvalue weighted by Crippen LogP contribution is 2.31. The number of amidine groups is 1. The molecule has 2 aromatic carbocycles. The molecule has 0 unspecified atom stereocenters. The Labute approximate surface area is 155 Å². The third kappa shape index (κ3) is 4.24. The third-order valence-electron chi connectivity index (χ3n) is 3.70. The molecule has 3 rings (SSSR count). The minimum Gasteiger partial charge on any atom is -0.496 e. The molecule has 0 saturated carbocycles. The number of nitrogens with zero attached hydrogens (tertiary/aromatic N) is 1. The van der Waals surface area contributed by atoms with Gasteiger partial charge in [-0.25, -0.2) is 4.99 Å². The Morgan fingerprint density at radius 1 is 1.24 bits per heavy atom. The summed E-state index contributed by atoms with van der Waals surface area (Å²) < 4.78 is 5.32. The Morgan fingerprint density at radius 2 is 2.00 bits per heavy atom. The molecule has 0 aliphatic carbocycles. The molecule has 0 atom stereocenters. The fourth-order valence-electron chi connectivity index (χ4n) is 2.36. The van der Waals surface area contributed by atoms with Gasteiger partial charge in [0.25, 0.3) is 5.91 Å². The first kappa shape index (κ1) is 17.6. The SMILES string of the molecule is CCc1ccc(N=C2NC(=O)/C(=C/c3cc(Cl)ccc3OC)S2)cc1. The number of carbonyl (C=O) groups is 1. The van der Waals surface area contributed by atoms with Crippen molar-refractivity contribution >= 4 is 46.2 Å². The second-order valence-electron chi connectivity index (χ2n) is 5.39. The fourth-order valence-corrected chi connectivity index (χ4v) is 3.38. The summed E-state index contributed by atoms with van der Waals surface area (Å²) in [4.78, 5) is 17.2. The zero-order valence-corrected chi connectivity index (χ0v) is 15.4. The number of benzene rings is 2. The molecule has 1 saturated heterocycles. The van der Waals surface area contributed by atoms with E-state index < -0.39 is 0 Å². The van der Waals surface area contributed by atoms with E-state index in [0.717, 1.165) is 17.7 Å². The maximum Gasteiger partial charge on any atom is 0.264 e. The number of ether oxygens (including phenoxy) is 1. The molecule has 0 aromatic heterocycles. The number of aliphatic imine (C=N–C) groups is 1. The van der Waals surface area contributed by atoms with Gasteiger partial charge in [-0.05, 0) is 60.2 Å². The molecule has 1 aliphatic heterocycles. The van der Waals surface area contributed by atoms with Crippen LogP contribution in [-0.2, 0) is 11.2 Å². The van der Waals surface area contributed by atoms with Crippen LogP contribution >= 0.6 is 23.4 Å². The predicted molar refractivity (Wildman–Crippen MR) is 105 cm³/mol. The van der Waals surface area contributed by atoms with Gasteiger partial charge in [-0.1, -0.05) is 30.7 Å². The summed E-state index contributed by atoms with van der Waals surface area (Å²) in [5.41, 5.74) is 2.81. The molecule has 0 spiro atoms. The van der Waals surface area contributed by atoms with Crippen molar-refractivity contribution in [1.82, 2.24) is 5.32 Å². The standard InChI is InChI=1S/C19H17ClN2O2S/c1-3-12-4-7-15(8-5-12)21-19-22-18(23)17(25-19)11-13-10-14(20)6-9-16(13)24-2/h4-11H,3H2,1-2H3,(H,21,22,23)/b17-11-. The second-order valence-corrected chi connectivity index (χ2v) is 6.86. The van der Waals surface area contributed by atoms with Crippen LogP contribution < -0.4 is 10.1 Å². The van der Waals surface area contributed by atoms with Crippen LogP contribution in [-0.4, -0.2) is 18.2 Å². The van der Waals surface area contributed by atoms with Crippen LogP contribution in [0.3, 0.4) is 0 Å². The first-order chi connectivity index (χ1) is 12.1. The van der Waals surface area contributed by atoms with Gasteiger partial charge in [0.05, 0.1) is 17.7 Å². The average Bonchev–Trinajstić information content (AvgIpc) is 2.95. The predicted octanol–water partition coefficient (Wildman–Crippen LogP) is 4.80. The van der Waals surface area contributed by atoms with Gasteiger partial charge < -0.3 is 10.1 Å². The minimum atomic E-state index is -0.184. The molecular weight excluding hydrogens is 356 g/mol. The molecule has 2 aromatic rings. The van der Waals surface area contributed by atoms with Crippen LogP contribution in [0, 0.1) is 0 Å². The number of thioether (sulfide) groups is 1. The number of rotatable bonds is 4. The van der Waals surface area contributed by atoms with E-state index >= 15 is 0 Å². The molecule has 1 N–H and O–H groups in total. The molecule has 6 heteroatoms. The lowest BCUT2D eigenvalue weighted by atomic mass is 10.2. The summed E-state index contributed by atoms with van der Waals surface area (Å²) in [6, 6.07) is 13.2. The van der Waals surface area contributed by atoms with Crippen LogP contribution in [0.2, 0.25) is 5.02 Å². The number of hydrogen-bond donors (Lipinski definition) is 1. The highest BCUT2D eigenvalue weighted by molar-refractivity contribution is 8.18. The Bertz CT molecular complexity index is 860. The van der Waals surface area contributed by atoms with E-state index in [-0.39, 0.29) is 5.91 Å². The molecule has 128 valence electrons. The number of carbonyl (C=O) groups excluding carboxylic acids is 1. The van der Waals surface area contributed by atoms with Gasteiger partial charge >= 0.3 is 0 Å². The summed E-state index contributed by atoms with van der Waals surface area (Å²) in [6.07, 6.45) is 2.74. The Kier molecular flexibility index (Phi) is 5.46. The van der Waals surface area contributed by atoms with E-state index in [2.05, 4.69) is 17.2 Å². The van der Waals surface area contributed by atoms with Crippen LogP contribution in [0.25, 0.3) is 6.08 Å². The lowest BCUT2D eigenvalue weighted by Crippen LogP contribution is -2.19. The van der Waals surface area contributed by atoms with E-state index in [1.54, 1.807) is 31.4 Å². The van der Waals surface area contributed by atoms with E-state index in [1.807, 2.05) is 24.3 Å². The van der Waals surface area contributed by atoms with Crippen molar-refractivity contribution in [2.24, 2.45) is 4.99 Å². The number of methoxy groups -OCH3 is 1. The third-order valence-corrected chi connectivity index (χ3v) is 4.85. The number of halogens is 1. The van der Waals surface area contributed by atoms with Gasteiger partial charge in [0.2, 0.25) is 0 Å². The van der Waals surface area contributed by atoms with Crippen molar-refractivity contribution in [3.05, 3.63) is 63.5 Å². The fraction of sp³-hybridized carbons (Fsp3) is 0.158. The quantitative estimate of drug-likeness (QED) is 0.784. The molecule has 1 amide bonds. The van der Waals surface area contributed by atoms with Gasteiger partial charge in [-0.3, -0.25) is 4.79 Å². The summed E-state index contributed by atoms with van der Waals surface area (Å²) in [6.45, 7) is 2.11. The zero-order chi connectivity index (χ0) is 17.8. The van der Waals surface area contributed by atoms with Gasteiger partial charge in [-0.2, -0.15) is 0 Å². The Hall–Kier alpha value is -2.24. The number of nitrogens with one attached hydrogen (secondary N) is 1. The van der Waals surface area contributed by atoms with E-state index in [0.29, 0.717) is 20.8 Å². The van der Waals surface area contributed by atoms with Crippen molar-refractivity contribution in [3.8, 4) is 5.75 Å². The Morgan fingerprint density at radius 3 is 2.68 bits per heavy atom. The molecule has 0 bridgehead atoms. The normalized spacial score (nSPS) is 17.2. The molecule has 1 aliphatic rings. The Balaban J connectivity index is 1.84. The number of aryl methyl sites for hydroxylation is 1. The molecule has 25 heavy (non-hydrogen) atoms. The monoisotopic (exact) mass is 372 g/mol. The van der Waals surface area contributed by atoms with Gasteiger partial charge in [0, 0.05) is 10.6 Å². The van der Waals surface area contributed by atoms with Crippen molar-refractivity contribution in [2.45, 2.75) is 13.3 Å². The lowest BCUT2D eigenvalue weighted by molar-refractivity contribution is -0.115. The van der Waals surface area contributed by atoms with E-state index in [4.69, 9.17) is 16.3 Å². The van der Waals surface area contributed by atoms with Crippen molar-refractivity contribution in [2.75, 3.05) is 7.11 Å². The van der Waals surface area contributed by atoms with E-state index in [1.165, 1.54) is 17.3 Å². The van der Waals surface area contributed by atoms with Crippen LogP contribution in [0.1, 0.15) is 18.1 Å². The average molecular weight is 373 g/mol. The van der Waals surface area contributed by atoms with Gasteiger partial charge in [0.1, 0.15) is 5.75 Å². The highest BCUT2D eigenvalue weighted by Gasteiger charge is 2.24. The van der Waals surface area contributed by atoms with Gasteiger partial charge in [0.15, 0.2) is 5.17 Å². The molecule has 1 heterocycles. The van der Waals surface area contributed by atoms with Crippen molar-refractivity contribution < 1.29 is 9.53 Å². The van der Waals surface area contributed by atoms with Crippen LogP contribution in [0.5, 0.6) is 5.75 Å². The van der Waals surface area contributed by atoms with Crippen LogP contribution in [0.4, 0.5) is 5.69 Å². The number of amides is 1. The smallest absolute Gasteiger partial charge is 0.264 e.